The summed E-state index contributed by atoms with van der Waals surface area (Å²) in [5, 5.41) is 4.04. The Morgan fingerprint density at radius 3 is 2.55 bits per heavy atom. The second kappa shape index (κ2) is 10.2. The van der Waals surface area contributed by atoms with Crippen LogP contribution in [0.3, 0.4) is 0 Å². The number of carbonyl (C=O) groups excluding carboxylic acids is 1. The lowest BCUT2D eigenvalue weighted by atomic mass is 9.92. The number of likely N-dealkylation sites (N-methyl/N-ethyl adjacent to an activating group) is 1. The molecule has 1 fully saturated rings. The van der Waals surface area contributed by atoms with Crippen LogP contribution in [0.2, 0.25) is 0 Å². The van der Waals surface area contributed by atoms with E-state index >= 15 is 0 Å². The Morgan fingerprint density at radius 1 is 1.00 bits per heavy atom. The average Bonchev–Trinajstić information content (AvgIpc) is 3.74. The molecular formula is C30H31N5O4S. The van der Waals surface area contributed by atoms with Gasteiger partial charge in [-0.25, -0.2) is 13.4 Å². The molecule has 4 aromatic rings. The van der Waals surface area contributed by atoms with Gasteiger partial charge in [0.15, 0.2) is 0 Å². The maximum atomic E-state index is 13.2. The van der Waals surface area contributed by atoms with Crippen molar-refractivity contribution in [1.29, 1.82) is 0 Å². The highest BCUT2D eigenvalue weighted by Gasteiger charge is 2.59. The van der Waals surface area contributed by atoms with Crippen LogP contribution in [0.4, 0.5) is 11.4 Å². The van der Waals surface area contributed by atoms with Crippen molar-refractivity contribution >= 4 is 38.2 Å². The second-order valence-electron chi connectivity index (χ2n) is 10.4. The van der Waals surface area contributed by atoms with E-state index in [2.05, 4.69) is 20.0 Å². The Bertz CT molecular complexity index is 1700. The Labute approximate surface area is 233 Å². The Balaban J connectivity index is 1.39. The van der Waals surface area contributed by atoms with Crippen molar-refractivity contribution in [2.45, 2.75) is 36.0 Å². The van der Waals surface area contributed by atoms with Crippen LogP contribution >= 0.6 is 0 Å². The van der Waals surface area contributed by atoms with Gasteiger partial charge in [-0.1, -0.05) is 24.3 Å². The largest absolute Gasteiger partial charge is 0.476 e. The number of nitrogens with zero attached hydrogens (tertiary/aromatic N) is 3. The third-order valence-corrected chi connectivity index (χ3v) is 9.08. The number of nitrogens with one attached hydrogen (secondary N) is 2. The molecule has 1 saturated carbocycles. The number of ether oxygens (including phenoxy) is 1. The van der Waals surface area contributed by atoms with Crippen molar-refractivity contribution in [2.24, 2.45) is 0 Å². The molecule has 1 spiro atoms. The number of anilines is 2. The standard InChI is InChI=1S/C30H31N5O4S/c1-31-14-6-7-15-39-28-25(34-40(37,38)22-8-4-3-5-9-22)17-21(18-33-28)20-10-11-24-23(16-20)27-26(19-32-24)35(2)29(36)30(27)12-13-30/h3-5,8-11,16-19,31,34H,6-7,12-15H2,1-2H3. The molecule has 3 heterocycles. The quantitative estimate of drug-likeness (QED) is 0.276. The third-order valence-electron chi connectivity index (χ3n) is 7.69. The highest BCUT2D eigenvalue weighted by Crippen LogP contribution is 2.58. The van der Waals surface area contributed by atoms with Crippen LogP contribution in [-0.2, 0) is 20.2 Å². The lowest BCUT2D eigenvalue weighted by molar-refractivity contribution is -0.119. The minimum Gasteiger partial charge on any atom is -0.476 e. The van der Waals surface area contributed by atoms with E-state index in [-0.39, 0.29) is 22.4 Å². The highest BCUT2D eigenvalue weighted by molar-refractivity contribution is 7.92. The van der Waals surface area contributed by atoms with Crippen LogP contribution in [0, 0.1) is 0 Å². The molecule has 2 N–H and O–H groups in total. The van der Waals surface area contributed by atoms with Crippen molar-refractivity contribution in [1.82, 2.24) is 15.3 Å². The summed E-state index contributed by atoms with van der Waals surface area (Å²) < 4.78 is 35.0. The van der Waals surface area contributed by atoms with Gasteiger partial charge in [0.1, 0.15) is 5.69 Å². The number of unbranched alkanes of at least 4 members (excludes halogenated alkanes) is 1. The number of rotatable bonds is 10. The highest BCUT2D eigenvalue weighted by atomic mass is 32.2. The maximum absolute atomic E-state index is 13.2. The average molecular weight is 558 g/mol. The number of fused-ring (bicyclic) bond motifs is 4. The van der Waals surface area contributed by atoms with Crippen LogP contribution in [0.1, 0.15) is 31.2 Å². The number of aromatic nitrogens is 2. The van der Waals surface area contributed by atoms with Gasteiger partial charge in [0.05, 0.1) is 34.3 Å². The van der Waals surface area contributed by atoms with E-state index in [0.29, 0.717) is 6.61 Å². The van der Waals surface area contributed by atoms with Gasteiger partial charge in [-0.2, -0.15) is 0 Å². The van der Waals surface area contributed by atoms with E-state index in [1.165, 1.54) is 0 Å². The summed E-state index contributed by atoms with van der Waals surface area (Å²) in [5.74, 6) is 0.345. The van der Waals surface area contributed by atoms with Gasteiger partial charge in [0, 0.05) is 29.8 Å². The first-order valence-corrected chi connectivity index (χ1v) is 14.9. The van der Waals surface area contributed by atoms with E-state index in [1.807, 2.05) is 25.2 Å². The zero-order chi connectivity index (χ0) is 27.9. The zero-order valence-corrected chi connectivity index (χ0v) is 23.3. The van der Waals surface area contributed by atoms with E-state index in [4.69, 9.17) is 4.74 Å². The number of hydrogen-bond acceptors (Lipinski definition) is 7. The van der Waals surface area contributed by atoms with Crippen LogP contribution in [0.5, 0.6) is 5.88 Å². The van der Waals surface area contributed by atoms with Crippen LogP contribution in [0.25, 0.3) is 22.0 Å². The van der Waals surface area contributed by atoms with Crippen LogP contribution in [0.15, 0.2) is 71.9 Å². The van der Waals surface area contributed by atoms with Crippen molar-refractivity contribution in [3.63, 3.8) is 0 Å². The summed E-state index contributed by atoms with van der Waals surface area (Å²) in [6, 6.07) is 15.9. The molecular weight excluding hydrogens is 526 g/mol. The third kappa shape index (κ3) is 4.56. The van der Waals surface area contributed by atoms with Crippen molar-refractivity contribution in [2.75, 3.05) is 36.9 Å². The molecule has 0 unspecified atom stereocenters. The fraction of sp³-hybridized carbons (Fsp3) is 0.300. The summed E-state index contributed by atoms with van der Waals surface area (Å²) in [7, 11) is -0.167. The molecule has 10 heteroatoms. The SMILES string of the molecule is CNCCCCOc1ncc(-c2ccc3ncc4c(c3c2)C2(CC2)C(=O)N4C)cc1NS(=O)(=O)c1ccccc1. The number of hydrogen-bond donors (Lipinski definition) is 2. The molecule has 2 aromatic carbocycles. The van der Waals surface area contributed by atoms with E-state index < -0.39 is 15.4 Å². The second-order valence-corrected chi connectivity index (χ2v) is 12.0. The van der Waals surface area contributed by atoms with Gasteiger partial charge < -0.3 is 15.0 Å². The molecule has 1 aliphatic heterocycles. The summed E-state index contributed by atoms with van der Waals surface area (Å²) in [6.45, 7) is 1.28. The molecule has 2 aromatic heterocycles. The minimum atomic E-state index is -3.87. The minimum absolute atomic E-state index is 0.123. The number of sulfonamides is 1. The number of pyridine rings is 2. The van der Waals surface area contributed by atoms with Gasteiger partial charge in [-0.15, -0.1) is 0 Å². The van der Waals surface area contributed by atoms with Crippen molar-refractivity contribution < 1.29 is 17.9 Å². The first kappa shape index (κ1) is 26.2. The van der Waals surface area contributed by atoms with Gasteiger partial charge in [-0.3, -0.25) is 14.5 Å². The van der Waals surface area contributed by atoms with Crippen molar-refractivity contribution in [3.8, 4) is 17.0 Å². The predicted molar refractivity (Wildman–Crippen MR) is 155 cm³/mol. The summed E-state index contributed by atoms with van der Waals surface area (Å²) >= 11 is 0. The first-order valence-electron chi connectivity index (χ1n) is 13.4. The van der Waals surface area contributed by atoms with Gasteiger partial charge in [-0.05, 0) is 75.2 Å². The molecule has 0 saturated heterocycles. The Morgan fingerprint density at radius 2 is 1.80 bits per heavy atom. The smallest absolute Gasteiger partial charge is 0.262 e. The molecule has 0 bridgehead atoms. The van der Waals surface area contributed by atoms with Crippen LogP contribution in [-0.4, -0.2) is 51.5 Å². The molecule has 40 heavy (non-hydrogen) atoms. The Kier molecular flexibility index (Phi) is 6.67. The monoisotopic (exact) mass is 557 g/mol. The molecule has 1 aliphatic carbocycles. The molecule has 206 valence electrons. The lowest BCUT2D eigenvalue weighted by Gasteiger charge is -2.15. The van der Waals surface area contributed by atoms with Gasteiger partial charge in [0.25, 0.3) is 10.0 Å². The normalized spacial score (nSPS) is 15.4. The number of benzene rings is 2. The molecule has 2 aliphatic rings. The van der Waals surface area contributed by atoms with Crippen molar-refractivity contribution in [3.05, 3.63) is 72.6 Å². The molecule has 1 amide bonds. The fourth-order valence-corrected chi connectivity index (χ4v) is 6.49. The van der Waals surface area contributed by atoms with Crippen LogP contribution < -0.4 is 19.7 Å². The zero-order valence-electron chi connectivity index (χ0n) is 22.5. The fourth-order valence-electron chi connectivity index (χ4n) is 5.42. The van der Waals surface area contributed by atoms with E-state index in [0.717, 1.165) is 65.5 Å². The van der Waals surface area contributed by atoms with E-state index in [1.54, 1.807) is 60.7 Å². The maximum Gasteiger partial charge on any atom is 0.262 e. The van der Waals surface area contributed by atoms with Gasteiger partial charge >= 0.3 is 0 Å². The number of amides is 1. The lowest BCUT2D eigenvalue weighted by Crippen LogP contribution is -2.28. The summed E-state index contributed by atoms with van der Waals surface area (Å²) in [6.07, 6.45) is 6.86. The summed E-state index contributed by atoms with van der Waals surface area (Å²) in [4.78, 5) is 24.0. The molecule has 9 nitrogen and oxygen atoms in total. The van der Waals surface area contributed by atoms with E-state index in [9.17, 15) is 13.2 Å². The summed E-state index contributed by atoms with van der Waals surface area (Å²) in [5.41, 5.74) is 4.07. The molecule has 0 atom stereocenters. The van der Waals surface area contributed by atoms with Gasteiger partial charge in [0.2, 0.25) is 11.8 Å². The molecule has 6 rings (SSSR count). The first-order chi connectivity index (χ1) is 19.3. The number of carbonyl (C=O) groups is 1. The predicted octanol–water partition coefficient (Wildman–Crippen LogP) is 4.48. The Hall–Kier alpha value is -4.02. The molecule has 0 radical (unpaired) electrons. The topological polar surface area (TPSA) is 114 Å².